The SMILES string of the molecule is O=C(c1cn[nH]c1C1CCCCC1)N1C[C@@H]2CNC[C@@H]2[C@@H]1c1cccc(F)c1. The second kappa shape index (κ2) is 7.32. The zero-order valence-corrected chi connectivity index (χ0v) is 16.0. The van der Waals surface area contributed by atoms with Crippen LogP contribution in [-0.2, 0) is 0 Å². The van der Waals surface area contributed by atoms with Crippen LogP contribution in [0.1, 0.15) is 65.7 Å². The van der Waals surface area contributed by atoms with Crippen LogP contribution < -0.4 is 5.32 Å². The molecule has 1 aliphatic carbocycles. The third-order valence-corrected chi connectivity index (χ3v) is 6.93. The van der Waals surface area contributed by atoms with E-state index in [2.05, 4.69) is 15.5 Å². The average molecular weight is 382 g/mol. The summed E-state index contributed by atoms with van der Waals surface area (Å²) in [6.07, 6.45) is 7.63. The second-order valence-electron chi connectivity index (χ2n) is 8.57. The van der Waals surface area contributed by atoms with Crippen molar-refractivity contribution in [1.29, 1.82) is 0 Å². The molecule has 0 unspecified atom stereocenters. The van der Waals surface area contributed by atoms with E-state index in [1.807, 2.05) is 11.0 Å². The molecule has 1 aromatic carbocycles. The van der Waals surface area contributed by atoms with Gasteiger partial charge < -0.3 is 10.2 Å². The molecule has 28 heavy (non-hydrogen) atoms. The Kier molecular flexibility index (Phi) is 4.67. The first kappa shape index (κ1) is 17.9. The summed E-state index contributed by atoms with van der Waals surface area (Å²) in [6, 6.07) is 6.66. The number of fused-ring (bicyclic) bond motifs is 1. The van der Waals surface area contributed by atoms with Crippen molar-refractivity contribution in [3.63, 3.8) is 0 Å². The van der Waals surface area contributed by atoms with Crippen molar-refractivity contribution in [1.82, 2.24) is 20.4 Å². The molecule has 5 rings (SSSR count). The van der Waals surface area contributed by atoms with Gasteiger partial charge in [-0.3, -0.25) is 9.89 Å². The monoisotopic (exact) mass is 382 g/mol. The van der Waals surface area contributed by atoms with Gasteiger partial charge in [0.05, 0.1) is 23.5 Å². The predicted molar refractivity (Wildman–Crippen MR) is 104 cm³/mol. The molecule has 2 saturated heterocycles. The molecular weight excluding hydrogens is 355 g/mol. The van der Waals surface area contributed by atoms with Gasteiger partial charge in [-0.15, -0.1) is 0 Å². The van der Waals surface area contributed by atoms with Crippen LogP contribution in [0.4, 0.5) is 4.39 Å². The highest BCUT2D eigenvalue weighted by Crippen LogP contribution is 2.44. The Morgan fingerprint density at radius 2 is 2.04 bits per heavy atom. The molecule has 2 N–H and O–H groups in total. The van der Waals surface area contributed by atoms with Crippen LogP contribution in [0.2, 0.25) is 0 Å². The van der Waals surface area contributed by atoms with Crippen LogP contribution >= 0.6 is 0 Å². The topological polar surface area (TPSA) is 61.0 Å². The first-order valence-corrected chi connectivity index (χ1v) is 10.5. The second-order valence-corrected chi connectivity index (χ2v) is 8.57. The number of H-pyrrole nitrogens is 1. The van der Waals surface area contributed by atoms with Crippen molar-refractivity contribution in [2.45, 2.75) is 44.1 Å². The highest BCUT2D eigenvalue weighted by atomic mass is 19.1. The normalized spacial score (nSPS) is 27.9. The third-order valence-electron chi connectivity index (χ3n) is 6.93. The molecule has 3 fully saturated rings. The molecule has 5 nitrogen and oxygen atoms in total. The fourth-order valence-corrected chi connectivity index (χ4v) is 5.57. The van der Waals surface area contributed by atoms with Gasteiger partial charge in [0.15, 0.2) is 0 Å². The molecule has 1 saturated carbocycles. The molecule has 0 radical (unpaired) electrons. The molecule has 0 spiro atoms. The van der Waals surface area contributed by atoms with E-state index >= 15 is 0 Å². The largest absolute Gasteiger partial charge is 0.331 e. The van der Waals surface area contributed by atoms with Crippen molar-refractivity contribution < 1.29 is 9.18 Å². The number of halogens is 1. The summed E-state index contributed by atoms with van der Waals surface area (Å²) < 4.78 is 13.9. The number of likely N-dealkylation sites (tertiary alicyclic amines) is 1. The van der Waals surface area contributed by atoms with Gasteiger partial charge in [0, 0.05) is 31.5 Å². The molecule has 3 heterocycles. The lowest BCUT2D eigenvalue weighted by molar-refractivity contribution is 0.0712. The Morgan fingerprint density at radius 3 is 2.86 bits per heavy atom. The number of aromatic amines is 1. The summed E-state index contributed by atoms with van der Waals surface area (Å²) in [4.78, 5) is 15.6. The standard InChI is InChI=1S/C22H27FN4O/c23-17-8-4-7-15(9-17)21-18-11-24-10-16(18)13-27(21)22(28)19-12-25-26-20(19)14-5-2-1-3-6-14/h4,7-9,12,14,16,18,21,24H,1-3,5-6,10-11,13H2,(H,25,26)/t16-,18-,21-/m0/s1. The van der Waals surface area contributed by atoms with Crippen molar-refractivity contribution in [2.24, 2.45) is 11.8 Å². The van der Waals surface area contributed by atoms with Gasteiger partial charge in [-0.2, -0.15) is 5.10 Å². The molecule has 148 valence electrons. The summed E-state index contributed by atoms with van der Waals surface area (Å²) in [5, 5.41) is 10.8. The van der Waals surface area contributed by atoms with Crippen LogP contribution in [-0.4, -0.2) is 40.6 Å². The number of aromatic nitrogens is 2. The average Bonchev–Trinajstić information content (AvgIpc) is 3.43. The van der Waals surface area contributed by atoms with Gasteiger partial charge in [-0.25, -0.2) is 4.39 Å². The quantitative estimate of drug-likeness (QED) is 0.852. The van der Waals surface area contributed by atoms with E-state index in [9.17, 15) is 9.18 Å². The summed E-state index contributed by atoms with van der Waals surface area (Å²) in [5.41, 5.74) is 2.60. The number of amides is 1. The van der Waals surface area contributed by atoms with Crippen LogP contribution in [0.5, 0.6) is 0 Å². The fourth-order valence-electron chi connectivity index (χ4n) is 5.57. The maximum atomic E-state index is 13.9. The molecule has 6 heteroatoms. The van der Waals surface area contributed by atoms with Crippen LogP contribution in [0.3, 0.4) is 0 Å². The van der Waals surface area contributed by atoms with Crippen molar-refractivity contribution in [3.8, 4) is 0 Å². The molecule has 1 amide bonds. The molecule has 2 aromatic rings. The molecular formula is C22H27FN4O. The predicted octanol–water partition coefficient (Wildman–Crippen LogP) is 3.63. The summed E-state index contributed by atoms with van der Waals surface area (Å²) >= 11 is 0. The van der Waals surface area contributed by atoms with Gasteiger partial charge in [-0.1, -0.05) is 31.4 Å². The van der Waals surface area contributed by atoms with Crippen LogP contribution in [0.15, 0.2) is 30.5 Å². The highest BCUT2D eigenvalue weighted by molar-refractivity contribution is 5.95. The minimum Gasteiger partial charge on any atom is -0.331 e. The number of nitrogens with zero attached hydrogens (tertiary/aromatic N) is 2. The minimum absolute atomic E-state index is 0.0398. The third kappa shape index (κ3) is 3.04. The Balaban J connectivity index is 1.47. The first-order chi connectivity index (χ1) is 13.7. The summed E-state index contributed by atoms with van der Waals surface area (Å²) in [6.45, 7) is 2.50. The lowest BCUT2D eigenvalue weighted by Crippen LogP contribution is -2.35. The first-order valence-electron chi connectivity index (χ1n) is 10.5. The molecule has 1 aromatic heterocycles. The number of hydrogen-bond acceptors (Lipinski definition) is 3. The summed E-state index contributed by atoms with van der Waals surface area (Å²) in [7, 11) is 0. The highest BCUT2D eigenvalue weighted by Gasteiger charge is 2.47. The maximum absolute atomic E-state index is 13.9. The Labute approximate surface area is 164 Å². The fraction of sp³-hybridized carbons (Fsp3) is 0.545. The van der Waals surface area contributed by atoms with E-state index in [0.717, 1.165) is 37.2 Å². The van der Waals surface area contributed by atoms with Crippen LogP contribution in [0, 0.1) is 17.7 Å². The zero-order valence-electron chi connectivity index (χ0n) is 16.0. The van der Waals surface area contributed by atoms with E-state index in [4.69, 9.17) is 0 Å². The lowest BCUT2D eigenvalue weighted by Gasteiger charge is -2.29. The molecule has 3 aliphatic rings. The Morgan fingerprint density at radius 1 is 1.18 bits per heavy atom. The van der Waals surface area contributed by atoms with Gasteiger partial charge in [0.2, 0.25) is 0 Å². The van der Waals surface area contributed by atoms with Gasteiger partial charge in [0.25, 0.3) is 5.91 Å². The smallest absolute Gasteiger partial charge is 0.257 e. The number of carbonyl (C=O) groups excluding carboxylic acids is 1. The summed E-state index contributed by atoms with van der Waals surface area (Å²) in [5.74, 6) is 0.938. The van der Waals surface area contributed by atoms with E-state index in [1.54, 1.807) is 18.3 Å². The Bertz CT molecular complexity index is 860. The van der Waals surface area contributed by atoms with Crippen molar-refractivity contribution in [3.05, 3.63) is 53.1 Å². The van der Waals surface area contributed by atoms with Gasteiger partial charge >= 0.3 is 0 Å². The van der Waals surface area contributed by atoms with E-state index < -0.39 is 0 Å². The number of benzene rings is 1. The van der Waals surface area contributed by atoms with E-state index in [0.29, 0.717) is 29.9 Å². The van der Waals surface area contributed by atoms with Crippen molar-refractivity contribution >= 4 is 5.91 Å². The molecule has 3 atom stereocenters. The van der Waals surface area contributed by atoms with Gasteiger partial charge in [0.1, 0.15) is 5.82 Å². The lowest BCUT2D eigenvalue weighted by atomic mass is 9.85. The molecule has 0 bridgehead atoms. The number of rotatable bonds is 3. The number of carbonyl (C=O) groups is 1. The van der Waals surface area contributed by atoms with E-state index in [-0.39, 0.29) is 17.8 Å². The van der Waals surface area contributed by atoms with E-state index in [1.165, 1.54) is 25.3 Å². The molecule has 2 aliphatic heterocycles. The Hall–Kier alpha value is -2.21. The number of nitrogens with one attached hydrogen (secondary N) is 2. The maximum Gasteiger partial charge on any atom is 0.257 e. The number of hydrogen-bond donors (Lipinski definition) is 2. The minimum atomic E-state index is -0.245. The van der Waals surface area contributed by atoms with Gasteiger partial charge in [-0.05, 0) is 36.5 Å². The zero-order chi connectivity index (χ0) is 19.1. The van der Waals surface area contributed by atoms with Crippen molar-refractivity contribution in [2.75, 3.05) is 19.6 Å². The van der Waals surface area contributed by atoms with Crippen LogP contribution in [0.25, 0.3) is 0 Å².